The molecule has 4 unspecified atom stereocenters. The van der Waals surface area contributed by atoms with Gasteiger partial charge in [0.05, 0.1) is 0 Å². The molecule has 0 radical (unpaired) electrons. The summed E-state index contributed by atoms with van der Waals surface area (Å²) >= 11 is 0. The number of nitrogens with zero attached hydrogens (tertiary/aromatic N) is 1. The zero-order chi connectivity index (χ0) is 10.8. The fraction of sp³-hybridized carbons (Fsp3) is 1.00. The lowest BCUT2D eigenvalue weighted by molar-refractivity contribution is 0.251. The van der Waals surface area contributed by atoms with Gasteiger partial charge >= 0.3 is 0 Å². The molecule has 4 atom stereocenters. The second-order valence-corrected chi connectivity index (χ2v) is 5.92. The van der Waals surface area contributed by atoms with Crippen molar-refractivity contribution in [1.82, 2.24) is 10.2 Å². The van der Waals surface area contributed by atoms with E-state index in [2.05, 4.69) is 31.4 Å². The van der Waals surface area contributed by atoms with Gasteiger partial charge in [0.25, 0.3) is 0 Å². The van der Waals surface area contributed by atoms with Gasteiger partial charge in [-0.2, -0.15) is 0 Å². The summed E-state index contributed by atoms with van der Waals surface area (Å²) in [6, 6.07) is 0.698. The average molecular weight is 210 g/mol. The molecule has 15 heavy (non-hydrogen) atoms. The molecule has 2 heteroatoms. The number of likely N-dealkylation sites (N-methyl/N-ethyl adjacent to an activating group) is 2. The van der Waals surface area contributed by atoms with Crippen LogP contribution in [-0.2, 0) is 0 Å². The Morgan fingerprint density at radius 1 is 1.27 bits per heavy atom. The number of hydrogen-bond donors (Lipinski definition) is 1. The molecule has 1 N–H and O–H groups in total. The summed E-state index contributed by atoms with van der Waals surface area (Å²) < 4.78 is 0. The zero-order valence-corrected chi connectivity index (χ0v) is 10.5. The van der Waals surface area contributed by atoms with Crippen LogP contribution in [0.5, 0.6) is 0 Å². The van der Waals surface area contributed by atoms with Crippen molar-refractivity contribution in [2.45, 2.75) is 38.1 Å². The Morgan fingerprint density at radius 2 is 2.07 bits per heavy atom. The van der Waals surface area contributed by atoms with Crippen LogP contribution in [0, 0.1) is 17.8 Å². The van der Waals surface area contributed by atoms with E-state index in [-0.39, 0.29) is 0 Å². The summed E-state index contributed by atoms with van der Waals surface area (Å²) in [5.74, 6) is 3.20. The molecule has 2 nitrogen and oxygen atoms in total. The van der Waals surface area contributed by atoms with Crippen molar-refractivity contribution in [3.05, 3.63) is 0 Å². The monoisotopic (exact) mass is 210 g/mol. The molecule has 0 spiro atoms. The second-order valence-electron chi connectivity index (χ2n) is 5.92. The summed E-state index contributed by atoms with van der Waals surface area (Å²) in [7, 11) is 6.46. The highest BCUT2D eigenvalue weighted by Crippen LogP contribution is 2.49. The molecule has 0 aromatic carbocycles. The molecular formula is C13H26N2. The highest BCUT2D eigenvalue weighted by molar-refractivity contribution is 4.91. The van der Waals surface area contributed by atoms with E-state index in [9.17, 15) is 0 Å². The molecule has 0 aromatic rings. The highest BCUT2D eigenvalue weighted by atomic mass is 15.1. The maximum absolute atomic E-state index is 3.48. The van der Waals surface area contributed by atoms with Gasteiger partial charge in [-0.3, -0.25) is 0 Å². The van der Waals surface area contributed by atoms with Crippen molar-refractivity contribution in [3.63, 3.8) is 0 Å². The Labute approximate surface area is 94.4 Å². The summed E-state index contributed by atoms with van der Waals surface area (Å²) in [6.07, 6.45) is 7.52. The zero-order valence-electron chi connectivity index (χ0n) is 10.5. The Bertz CT molecular complexity index is 203. The molecule has 2 aliphatic rings. The Kier molecular flexibility index (Phi) is 3.68. The third-order valence-corrected chi connectivity index (χ3v) is 4.47. The third-order valence-electron chi connectivity index (χ3n) is 4.47. The molecule has 0 saturated heterocycles. The van der Waals surface area contributed by atoms with Crippen LogP contribution in [0.1, 0.15) is 32.1 Å². The minimum absolute atomic E-state index is 0.698. The van der Waals surface area contributed by atoms with Crippen molar-refractivity contribution in [2.75, 3.05) is 27.7 Å². The quantitative estimate of drug-likeness (QED) is 0.746. The van der Waals surface area contributed by atoms with Crippen LogP contribution < -0.4 is 5.32 Å². The van der Waals surface area contributed by atoms with E-state index in [1.807, 2.05) is 0 Å². The van der Waals surface area contributed by atoms with E-state index in [1.54, 1.807) is 6.42 Å². The minimum atomic E-state index is 0.698. The normalized spacial score (nSPS) is 36.4. The lowest BCUT2D eigenvalue weighted by Gasteiger charge is -2.28. The van der Waals surface area contributed by atoms with Crippen LogP contribution in [-0.4, -0.2) is 38.6 Å². The Morgan fingerprint density at radius 3 is 2.53 bits per heavy atom. The first-order valence-electron chi connectivity index (χ1n) is 6.51. The van der Waals surface area contributed by atoms with Gasteiger partial charge in [-0.25, -0.2) is 0 Å². The molecule has 2 rings (SSSR count). The van der Waals surface area contributed by atoms with Gasteiger partial charge < -0.3 is 10.2 Å². The molecule has 2 saturated carbocycles. The number of fused-ring (bicyclic) bond motifs is 2. The first kappa shape index (κ1) is 11.4. The van der Waals surface area contributed by atoms with Gasteiger partial charge in [0.2, 0.25) is 0 Å². The lowest BCUT2D eigenvalue weighted by atomic mass is 9.84. The first-order valence-corrected chi connectivity index (χ1v) is 6.51. The van der Waals surface area contributed by atoms with Gasteiger partial charge in [0, 0.05) is 12.6 Å². The van der Waals surface area contributed by atoms with Gasteiger partial charge in [-0.05, 0) is 64.6 Å². The average Bonchev–Trinajstić information content (AvgIpc) is 2.77. The van der Waals surface area contributed by atoms with Crippen molar-refractivity contribution in [3.8, 4) is 0 Å². The molecule has 88 valence electrons. The third kappa shape index (κ3) is 2.73. The maximum atomic E-state index is 3.48. The van der Waals surface area contributed by atoms with Crippen LogP contribution in [0.3, 0.4) is 0 Å². The van der Waals surface area contributed by atoms with Crippen molar-refractivity contribution in [2.24, 2.45) is 17.8 Å². The van der Waals surface area contributed by atoms with Gasteiger partial charge in [-0.15, -0.1) is 0 Å². The van der Waals surface area contributed by atoms with Crippen molar-refractivity contribution >= 4 is 0 Å². The van der Waals surface area contributed by atoms with E-state index >= 15 is 0 Å². The van der Waals surface area contributed by atoms with E-state index in [1.165, 1.54) is 32.2 Å². The van der Waals surface area contributed by atoms with E-state index in [0.29, 0.717) is 6.04 Å². The molecule has 2 aliphatic carbocycles. The predicted molar refractivity (Wildman–Crippen MR) is 65.0 cm³/mol. The molecule has 2 bridgehead atoms. The molecule has 0 aromatic heterocycles. The molecule has 0 aliphatic heterocycles. The van der Waals surface area contributed by atoms with Gasteiger partial charge in [0.1, 0.15) is 0 Å². The smallest absolute Gasteiger partial charge is 0.0194 e. The number of hydrogen-bond acceptors (Lipinski definition) is 2. The van der Waals surface area contributed by atoms with Gasteiger partial charge in [0.15, 0.2) is 0 Å². The molecule has 0 heterocycles. The minimum Gasteiger partial charge on any atom is -0.316 e. The SMILES string of the molecule is CNC(CC1CC2CCC1C2)CN(C)C. The molecule has 0 amide bonds. The summed E-state index contributed by atoms with van der Waals surface area (Å²) in [6.45, 7) is 1.18. The van der Waals surface area contributed by atoms with Gasteiger partial charge in [-0.1, -0.05) is 6.42 Å². The van der Waals surface area contributed by atoms with Crippen molar-refractivity contribution < 1.29 is 0 Å². The number of rotatable bonds is 5. The molecular weight excluding hydrogens is 184 g/mol. The van der Waals surface area contributed by atoms with Crippen LogP contribution in [0.25, 0.3) is 0 Å². The number of nitrogens with one attached hydrogen (secondary N) is 1. The topological polar surface area (TPSA) is 15.3 Å². The second kappa shape index (κ2) is 4.84. The van der Waals surface area contributed by atoms with E-state index < -0.39 is 0 Å². The van der Waals surface area contributed by atoms with E-state index in [4.69, 9.17) is 0 Å². The Balaban J connectivity index is 1.79. The summed E-state index contributed by atoms with van der Waals surface area (Å²) in [5.41, 5.74) is 0. The lowest BCUT2D eigenvalue weighted by Crippen LogP contribution is -2.38. The first-order chi connectivity index (χ1) is 7.19. The van der Waals surface area contributed by atoms with Crippen LogP contribution in [0.2, 0.25) is 0 Å². The fourth-order valence-corrected chi connectivity index (χ4v) is 3.76. The van der Waals surface area contributed by atoms with Crippen molar-refractivity contribution in [1.29, 1.82) is 0 Å². The van der Waals surface area contributed by atoms with Crippen LogP contribution >= 0.6 is 0 Å². The van der Waals surface area contributed by atoms with E-state index in [0.717, 1.165) is 17.8 Å². The highest BCUT2D eigenvalue weighted by Gasteiger charge is 2.39. The van der Waals surface area contributed by atoms with Crippen LogP contribution in [0.4, 0.5) is 0 Å². The van der Waals surface area contributed by atoms with Crippen LogP contribution in [0.15, 0.2) is 0 Å². The maximum Gasteiger partial charge on any atom is 0.0194 e. The standard InChI is InChI=1S/C13H26N2/c1-14-13(9-15(2)3)8-12-7-10-4-5-11(12)6-10/h10-14H,4-9H2,1-3H3. The largest absolute Gasteiger partial charge is 0.316 e. The fourth-order valence-electron chi connectivity index (χ4n) is 3.76. The predicted octanol–water partition coefficient (Wildman–Crippen LogP) is 1.96. The summed E-state index contributed by atoms with van der Waals surface area (Å²) in [5, 5.41) is 3.48. The molecule has 2 fully saturated rings. The summed E-state index contributed by atoms with van der Waals surface area (Å²) in [4.78, 5) is 2.30. The Hall–Kier alpha value is -0.0800.